The third-order valence-electron chi connectivity index (χ3n) is 3.44. The Balaban J connectivity index is 1.91. The molecule has 1 saturated heterocycles. The molecule has 1 fully saturated rings. The van der Waals surface area contributed by atoms with Crippen LogP contribution in [0.2, 0.25) is 0 Å². The molecule has 2 N–H and O–H groups in total. The van der Waals surface area contributed by atoms with Gasteiger partial charge in [0.15, 0.2) is 0 Å². The Labute approximate surface area is 127 Å². The number of carbonyl (C=O) groups is 3. The number of ether oxygens (including phenoxy) is 1. The fourth-order valence-electron chi connectivity index (χ4n) is 2.07. The first-order valence-electron chi connectivity index (χ1n) is 6.83. The summed E-state index contributed by atoms with van der Waals surface area (Å²) in [4.78, 5) is 36.4. The number of aryl methyl sites for hydroxylation is 1. The van der Waals surface area contributed by atoms with Crippen molar-refractivity contribution >= 4 is 17.9 Å². The lowest BCUT2D eigenvalue weighted by Crippen LogP contribution is -2.40. The van der Waals surface area contributed by atoms with Crippen LogP contribution in [-0.2, 0) is 9.53 Å². The molecule has 0 aromatic heterocycles. The van der Waals surface area contributed by atoms with Crippen molar-refractivity contribution in [2.75, 3.05) is 13.2 Å². The summed E-state index contributed by atoms with van der Waals surface area (Å²) in [5, 5.41) is 12.1. The highest BCUT2D eigenvalue weighted by Crippen LogP contribution is 2.18. The molecule has 0 atom stereocenters. The van der Waals surface area contributed by atoms with Crippen LogP contribution >= 0.6 is 0 Å². The zero-order chi connectivity index (χ0) is 16.5. The van der Waals surface area contributed by atoms with E-state index in [-0.39, 0.29) is 30.4 Å². The number of hydrogen-bond donors (Lipinski definition) is 2. The van der Waals surface area contributed by atoms with Crippen molar-refractivity contribution in [2.24, 2.45) is 0 Å². The Morgan fingerprint density at radius 1 is 1.36 bits per heavy atom. The van der Waals surface area contributed by atoms with Gasteiger partial charge in [0.2, 0.25) is 0 Å². The van der Waals surface area contributed by atoms with Gasteiger partial charge in [0, 0.05) is 0 Å². The summed E-state index contributed by atoms with van der Waals surface area (Å²) in [6.07, 6.45) is 0. The summed E-state index contributed by atoms with van der Waals surface area (Å²) < 4.78 is 5.03. The smallest absolute Gasteiger partial charge is 0.338 e. The van der Waals surface area contributed by atoms with Crippen molar-refractivity contribution < 1.29 is 24.2 Å². The molecule has 1 aromatic carbocycles. The van der Waals surface area contributed by atoms with Crippen molar-refractivity contribution in [2.45, 2.75) is 26.3 Å². The van der Waals surface area contributed by atoms with Gasteiger partial charge >= 0.3 is 12.0 Å². The molecule has 22 heavy (non-hydrogen) atoms. The lowest BCUT2D eigenvalue weighted by atomic mass is 10.1. The Hall–Kier alpha value is -2.57. The second-order valence-corrected chi connectivity index (χ2v) is 5.65. The van der Waals surface area contributed by atoms with E-state index in [0.29, 0.717) is 5.56 Å². The van der Waals surface area contributed by atoms with Crippen LogP contribution in [0.3, 0.4) is 0 Å². The quantitative estimate of drug-likeness (QED) is 0.643. The molecule has 0 spiro atoms. The number of esters is 1. The average molecular weight is 306 g/mol. The Morgan fingerprint density at radius 3 is 2.59 bits per heavy atom. The number of aromatic hydroxyl groups is 1. The standard InChI is InChI=1S/C15H18N2O5/c1-9-4-5-10(8-11(9)18)12(19)22-7-6-17-13(20)15(2,3)16-14(17)21/h4-5,8,18H,6-7H2,1-3H3,(H,16,21). The van der Waals surface area contributed by atoms with Gasteiger partial charge in [-0.3, -0.25) is 9.69 Å². The van der Waals surface area contributed by atoms with E-state index in [1.165, 1.54) is 12.1 Å². The molecule has 1 aliphatic heterocycles. The maximum absolute atomic E-state index is 11.9. The van der Waals surface area contributed by atoms with E-state index in [1.54, 1.807) is 26.8 Å². The van der Waals surface area contributed by atoms with Crippen LogP contribution in [0.5, 0.6) is 5.75 Å². The minimum atomic E-state index is -0.941. The lowest BCUT2D eigenvalue weighted by Gasteiger charge is -2.15. The van der Waals surface area contributed by atoms with Crippen LogP contribution in [-0.4, -0.2) is 46.6 Å². The van der Waals surface area contributed by atoms with Gasteiger partial charge in [-0.15, -0.1) is 0 Å². The van der Waals surface area contributed by atoms with Crippen LogP contribution in [0.1, 0.15) is 29.8 Å². The highest BCUT2D eigenvalue weighted by Gasteiger charge is 2.43. The zero-order valence-corrected chi connectivity index (χ0v) is 12.7. The topological polar surface area (TPSA) is 95.9 Å². The predicted molar refractivity (Wildman–Crippen MR) is 77.5 cm³/mol. The minimum Gasteiger partial charge on any atom is -0.508 e. The number of urea groups is 1. The molecule has 1 aromatic rings. The van der Waals surface area contributed by atoms with E-state index in [4.69, 9.17) is 4.74 Å². The lowest BCUT2D eigenvalue weighted by molar-refractivity contribution is -0.130. The fraction of sp³-hybridized carbons (Fsp3) is 0.400. The molecule has 0 bridgehead atoms. The van der Waals surface area contributed by atoms with Crippen molar-refractivity contribution in [1.82, 2.24) is 10.2 Å². The summed E-state index contributed by atoms with van der Waals surface area (Å²) in [5.41, 5.74) is -0.0807. The Kier molecular flexibility index (Phi) is 4.07. The summed E-state index contributed by atoms with van der Waals surface area (Å²) in [6.45, 7) is 4.80. The van der Waals surface area contributed by atoms with Crippen LogP contribution in [0.4, 0.5) is 4.79 Å². The van der Waals surface area contributed by atoms with Crippen LogP contribution < -0.4 is 5.32 Å². The number of imide groups is 1. The van der Waals surface area contributed by atoms with Crippen LogP contribution in [0.15, 0.2) is 18.2 Å². The third kappa shape index (κ3) is 3.03. The van der Waals surface area contributed by atoms with E-state index in [9.17, 15) is 19.5 Å². The van der Waals surface area contributed by atoms with Crippen LogP contribution in [0, 0.1) is 6.92 Å². The number of hydrogen-bond acceptors (Lipinski definition) is 5. The number of rotatable bonds is 4. The zero-order valence-electron chi connectivity index (χ0n) is 12.7. The van der Waals surface area contributed by atoms with Gasteiger partial charge in [-0.05, 0) is 38.5 Å². The average Bonchev–Trinajstić information content (AvgIpc) is 2.63. The summed E-state index contributed by atoms with van der Waals surface area (Å²) in [6, 6.07) is 3.95. The van der Waals surface area contributed by atoms with Gasteiger partial charge in [-0.25, -0.2) is 9.59 Å². The van der Waals surface area contributed by atoms with E-state index in [2.05, 4.69) is 5.32 Å². The largest absolute Gasteiger partial charge is 0.508 e. The molecule has 0 unspecified atom stereocenters. The van der Waals surface area contributed by atoms with Gasteiger partial charge in [0.1, 0.15) is 17.9 Å². The number of phenols is 1. The van der Waals surface area contributed by atoms with Gasteiger partial charge in [0.25, 0.3) is 5.91 Å². The van der Waals surface area contributed by atoms with E-state index < -0.39 is 17.5 Å². The minimum absolute atomic E-state index is 0.00491. The molecule has 0 radical (unpaired) electrons. The Bertz CT molecular complexity index is 639. The molecular weight excluding hydrogens is 288 g/mol. The second-order valence-electron chi connectivity index (χ2n) is 5.65. The molecule has 0 aliphatic carbocycles. The fourth-order valence-corrected chi connectivity index (χ4v) is 2.07. The summed E-state index contributed by atoms with van der Waals surface area (Å²) in [5.74, 6) is -0.978. The van der Waals surface area contributed by atoms with Gasteiger partial charge in [-0.1, -0.05) is 6.07 Å². The molecule has 118 valence electrons. The molecular formula is C15H18N2O5. The highest BCUT2D eigenvalue weighted by atomic mass is 16.5. The van der Waals surface area contributed by atoms with Gasteiger partial charge in [-0.2, -0.15) is 0 Å². The first-order chi connectivity index (χ1) is 10.2. The Morgan fingerprint density at radius 2 is 2.05 bits per heavy atom. The molecule has 3 amide bonds. The SMILES string of the molecule is Cc1ccc(C(=O)OCCN2C(=O)NC(C)(C)C2=O)cc1O. The normalized spacial score (nSPS) is 16.6. The molecule has 7 nitrogen and oxygen atoms in total. The molecule has 1 heterocycles. The molecule has 7 heteroatoms. The summed E-state index contributed by atoms with van der Waals surface area (Å²) >= 11 is 0. The van der Waals surface area contributed by atoms with Crippen molar-refractivity contribution in [3.63, 3.8) is 0 Å². The van der Waals surface area contributed by atoms with E-state index >= 15 is 0 Å². The van der Waals surface area contributed by atoms with Crippen molar-refractivity contribution in [3.05, 3.63) is 29.3 Å². The number of benzene rings is 1. The number of nitrogens with one attached hydrogen (secondary N) is 1. The number of amides is 3. The van der Waals surface area contributed by atoms with Gasteiger partial charge in [0.05, 0.1) is 12.1 Å². The number of carbonyl (C=O) groups excluding carboxylic acids is 3. The highest BCUT2D eigenvalue weighted by molar-refractivity contribution is 6.06. The second kappa shape index (κ2) is 5.67. The first kappa shape index (κ1) is 15.8. The number of phenolic OH excluding ortho intramolecular Hbond substituents is 1. The van der Waals surface area contributed by atoms with Crippen molar-refractivity contribution in [3.8, 4) is 5.75 Å². The maximum atomic E-state index is 11.9. The third-order valence-corrected chi connectivity index (χ3v) is 3.44. The van der Waals surface area contributed by atoms with Gasteiger partial charge < -0.3 is 15.2 Å². The van der Waals surface area contributed by atoms with Crippen molar-refractivity contribution in [1.29, 1.82) is 0 Å². The predicted octanol–water partition coefficient (Wildman–Crippen LogP) is 1.19. The number of nitrogens with zero attached hydrogens (tertiary/aromatic N) is 1. The molecule has 0 saturated carbocycles. The van der Waals surface area contributed by atoms with Crippen LogP contribution in [0.25, 0.3) is 0 Å². The monoisotopic (exact) mass is 306 g/mol. The first-order valence-corrected chi connectivity index (χ1v) is 6.83. The molecule has 2 rings (SSSR count). The molecule has 1 aliphatic rings. The maximum Gasteiger partial charge on any atom is 0.338 e. The van der Waals surface area contributed by atoms with E-state index in [0.717, 1.165) is 4.90 Å². The van der Waals surface area contributed by atoms with E-state index in [1.807, 2.05) is 0 Å². The summed E-state index contributed by atoms with van der Waals surface area (Å²) in [7, 11) is 0.